The summed E-state index contributed by atoms with van der Waals surface area (Å²) < 4.78 is 54.6. The number of benzene rings is 2. The number of piperidine rings is 1. The van der Waals surface area contributed by atoms with Gasteiger partial charge in [0.1, 0.15) is 12.3 Å². The van der Waals surface area contributed by atoms with E-state index in [2.05, 4.69) is 19.7 Å². The number of carboxylic acid groups (broad SMARTS) is 1. The van der Waals surface area contributed by atoms with E-state index in [4.69, 9.17) is 5.11 Å². The van der Waals surface area contributed by atoms with Crippen molar-refractivity contribution < 1.29 is 46.5 Å². The van der Waals surface area contributed by atoms with Gasteiger partial charge < -0.3 is 35.6 Å². The van der Waals surface area contributed by atoms with Gasteiger partial charge in [0.05, 0.1) is 22.9 Å². The molecule has 3 rings (SSSR count). The minimum Gasteiger partial charge on any atom is -0.506 e. The number of carbonyl (C=O) groups is 2. The van der Waals surface area contributed by atoms with Crippen LogP contribution in [-0.2, 0) is 29.4 Å². The molecule has 1 atom stereocenters. The van der Waals surface area contributed by atoms with E-state index in [0.29, 0.717) is 18.7 Å². The number of carboxylic acids is 1. The molecule has 0 spiro atoms. The fourth-order valence-electron chi connectivity index (χ4n) is 4.04. The number of nitrogens with zero attached hydrogens (tertiary/aromatic N) is 1. The molecule has 1 heterocycles. The molecule has 0 unspecified atom stereocenters. The van der Waals surface area contributed by atoms with Gasteiger partial charge in [0, 0.05) is 31.4 Å². The standard InChI is InChI=1S/C24H32N4O10S2/c1-39(34,35)27-20-12-16(2-7-21(20)29)22(30)13-25-17-8-10-28(11-9-17)18-3-5-19(6-4-18)40(36,37)15-38-24(33)26-14-23(31)32/h2-7,12,17,22,25,27,29-30H,8-11,13-15H2,1H3,(H,26,33)(H,31,32)/t22-/m0/s1. The van der Waals surface area contributed by atoms with Crippen LogP contribution in [0.5, 0.6) is 5.75 Å². The summed E-state index contributed by atoms with van der Waals surface area (Å²) in [6.07, 6.45) is 0.389. The van der Waals surface area contributed by atoms with Gasteiger partial charge in [-0.1, -0.05) is 6.07 Å². The molecule has 0 saturated carbocycles. The second kappa shape index (κ2) is 13.2. The van der Waals surface area contributed by atoms with Crippen LogP contribution in [0.2, 0.25) is 0 Å². The number of alkyl carbamates (subject to hydrolysis) is 1. The number of hydrogen-bond donors (Lipinski definition) is 6. The van der Waals surface area contributed by atoms with Crippen LogP contribution in [0.1, 0.15) is 24.5 Å². The Morgan fingerprint density at radius 1 is 1.07 bits per heavy atom. The molecule has 0 bridgehead atoms. The Kier molecular flexibility index (Phi) is 10.2. The van der Waals surface area contributed by atoms with Crippen LogP contribution in [0.15, 0.2) is 47.4 Å². The summed E-state index contributed by atoms with van der Waals surface area (Å²) in [7, 11) is -7.53. The highest BCUT2D eigenvalue weighted by Gasteiger charge is 2.22. The molecule has 1 amide bonds. The van der Waals surface area contributed by atoms with E-state index in [9.17, 15) is 36.6 Å². The molecule has 0 aliphatic carbocycles. The van der Waals surface area contributed by atoms with Crippen molar-refractivity contribution in [2.75, 3.05) is 48.0 Å². The lowest BCUT2D eigenvalue weighted by Crippen LogP contribution is -2.43. The lowest BCUT2D eigenvalue weighted by molar-refractivity contribution is -0.135. The van der Waals surface area contributed by atoms with E-state index in [0.717, 1.165) is 24.8 Å². The van der Waals surface area contributed by atoms with E-state index in [1.807, 2.05) is 5.32 Å². The molecule has 1 aliphatic heterocycles. The minimum atomic E-state index is -3.93. The molecule has 40 heavy (non-hydrogen) atoms. The second-order valence-corrected chi connectivity index (χ2v) is 12.9. The quantitative estimate of drug-likeness (QED) is 0.185. The predicted octanol–water partition coefficient (Wildman–Crippen LogP) is 0.598. The first-order valence-electron chi connectivity index (χ1n) is 12.2. The van der Waals surface area contributed by atoms with Crippen molar-refractivity contribution in [3.8, 4) is 5.75 Å². The third-order valence-corrected chi connectivity index (χ3v) is 8.09. The van der Waals surface area contributed by atoms with Gasteiger partial charge in [-0.2, -0.15) is 0 Å². The fourth-order valence-corrected chi connectivity index (χ4v) is 5.55. The maximum Gasteiger partial charge on any atom is 0.408 e. The molecule has 1 fully saturated rings. The normalized spacial score (nSPS) is 15.3. The number of nitrogens with one attached hydrogen (secondary N) is 3. The molecule has 0 aromatic heterocycles. The SMILES string of the molecule is CS(=O)(=O)Nc1cc([C@@H](O)CNC2CCN(c3ccc(S(=O)(=O)COC(=O)NCC(=O)O)cc3)CC2)ccc1O. The van der Waals surface area contributed by atoms with Crippen molar-refractivity contribution >= 4 is 43.3 Å². The molecular weight excluding hydrogens is 568 g/mol. The van der Waals surface area contributed by atoms with Crippen molar-refractivity contribution in [1.82, 2.24) is 10.6 Å². The largest absolute Gasteiger partial charge is 0.506 e. The summed E-state index contributed by atoms with van der Waals surface area (Å²) in [5, 5.41) is 34.2. The summed E-state index contributed by atoms with van der Waals surface area (Å²) in [5.74, 6) is -2.47. The Bertz CT molecular complexity index is 1410. The summed E-state index contributed by atoms with van der Waals surface area (Å²) in [5.41, 5.74) is 1.24. The molecule has 14 nitrogen and oxygen atoms in total. The predicted molar refractivity (Wildman–Crippen MR) is 145 cm³/mol. The molecular formula is C24H32N4O10S2. The lowest BCUT2D eigenvalue weighted by Gasteiger charge is -2.34. The number of ether oxygens (including phenoxy) is 1. The second-order valence-electron chi connectivity index (χ2n) is 9.24. The molecule has 2 aromatic rings. The number of aromatic hydroxyl groups is 1. The number of carbonyl (C=O) groups excluding carboxylic acids is 1. The van der Waals surface area contributed by atoms with Gasteiger partial charge in [0.15, 0.2) is 5.94 Å². The van der Waals surface area contributed by atoms with Crippen molar-refractivity contribution in [3.05, 3.63) is 48.0 Å². The number of hydrogen-bond acceptors (Lipinski definition) is 11. The van der Waals surface area contributed by atoms with E-state index in [1.54, 1.807) is 12.1 Å². The topological polar surface area (TPSA) is 212 Å². The van der Waals surface area contributed by atoms with Crippen molar-refractivity contribution in [1.29, 1.82) is 0 Å². The lowest BCUT2D eigenvalue weighted by atomic mass is 10.0. The highest BCUT2D eigenvalue weighted by Crippen LogP contribution is 2.28. The number of sulfone groups is 1. The number of aliphatic hydroxyl groups is 1. The molecule has 2 aromatic carbocycles. The summed E-state index contributed by atoms with van der Waals surface area (Å²) in [4.78, 5) is 23.9. The summed E-state index contributed by atoms with van der Waals surface area (Å²) >= 11 is 0. The fraction of sp³-hybridized carbons (Fsp3) is 0.417. The van der Waals surface area contributed by atoms with Gasteiger partial charge >= 0.3 is 12.1 Å². The first kappa shape index (κ1) is 30.9. The molecule has 1 saturated heterocycles. The van der Waals surface area contributed by atoms with Crippen LogP contribution in [0.3, 0.4) is 0 Å². The Hall–Kier alpha value is -3.60. The highest BCUT2D eigenvalue weighted by molar-refractivity contribution is 7.92. The van der Waals surface area contributed by atoms with Crippen LogP contribution in [0.4, 0.5) is 16.2 Å². The van der Waals surface area contributed by atoms with Gasteiger partial charge in [-0.25, -0.2) is 21.6 Å². The Labute approximate surface area is 231 Å². The number of anilines is 2. The van der Waals surface area contributed by atoms with Crippen LogP contribution in [0, 0.1) is 0 Å². The van der Waals surface area contributed by atoms with Crippen molar-refractivity contribution in [2.24, 2.45) is 0 Å². The number of aliphatic carboxylic acids is 1. The van der Waals surface area contributed by atoms with Crippen LogP contribution >= 0.6 is 0 Å². The number of phenols is 1. The zero-order valence-corrected chi connectivity index (χ0v) is 23.2. The maximum absolute atomic E-state index is 12.4. The number of rotatable bonds is 12. The van der Waals surface area contributed by atoms with Crippen molar-refractivity contribution in [3.63, 3.8) is 0 Å². The third kappa shape index (κ3) is 9.25. The van der Waals surface area contributed by atoms with E-state index in [1.165, 1.54) is 30.3 Å². The van der Waals surface area contributed by atoms with Gasteiger partial charge in [-0.15, -0.1) is 0 Å². The van der Waals surface area contributed by atoms with E-state index >= 15 is 0 Å². The average Bonchev–Trinajstić information content (AvgIpc) is 2.90. The number of amides is 1. The molecule has 1 aliphatic rings. The monoisotopic (exact) mass is 600 g/mol. The van der Waals surface area contributed by atoms with Gasteiger partial charge in [-0.3, -0.25) is 9.52 Å². The molecule has 220 valence electrons. The maximum atomic E-state index is 12.4. The van der Waals surface area contributed by atoms with E-state index in [-0.39, 0.29) is 28.9 Å². The van der Waals surface area contributed by atoms with Gasteiger partial charge in [0.25, 0.3) is 0 Å². The first-order valence-corrected chi connectivity index (χ1v) is 15.7. The number of aliphatic hydroxyl groups excluding tert-OH is 1. The number of phenolic OH excluding ortho intramolecular Hbond substituents is 1. The third-order valence-electron chi connectivity index (χ3n) is 6.09. The molecule has 6 N–H and O–H groups in total. The average molecular weight is 601 g/mol. The smallest absolute Gasteiger partial charge is 0.408 e. The summed E-state index contributed by atoms with van der Waals surface area (Å²) in [6.45, 7) is 0.879. The van der Waals surface area contributed by atoms with Crippen molar-refractivity contribution in [2.45, 2.75) is 29.9 Å². The zero-order chi connectivity index (χ0) is 29.5. The Balaban J connectivity index is 1.47. The highest BCUT2D eigenvalue weighted by atomic mass is 32.2. The zero-order valence-electron chi connectivity index (χ0n) is 21.6. The van der Waals surface area contributed by atoms with Crippen LogP contribution in [-0.4, -0.2) is 88.6 Å². The first-order chi connectivity index (χ1) is 18.7. The van der Waals surface area contributed by atoms with Gasteiger partial charge in [-0.05, 0) is 54.8 Å². The van der Waals surface area contributed by atoms with Crippen LogP contribution < -0.4 is 20.3 Å². The number of sulfonamides is 1. The molecule has 0 radical (unpaired) electrons. The van der Waals surface area contributed by atoms with E-state index < -0.39 is 50.5 Å². The molecule has 16 heteroatoms. The Morgan fingerprint density at radius 3 is 2.33 bits per heavy atom. The minimum absolute atomic E-state index is 0.0139. The Morgan fingerprint density at radius 2 is 1.73 bits per heavy atom. The van der Waals surface area contributed by atoms with Crippen LogP contribution in [0.25, 0.3) is 0 Å². The summed E-state index contributed by atoms with van der Waals surface area (Å²) in [6, 6.07) is 10.5. The van der Waals surface area contributed by atoms with Gasteiger partial charge in [0.2, 0.25) is 19.9 Å².